The van der Waals surface area contributed by atoms with E-state index < -0.39 is 0 Å². The minimum absolute atomic E-state index is 0.485. The standard InChI is InChI=1S/C15H15Cl2N3S/c1-20(2)12-5-3-4-10(8-12)18-15(21)19-11-6-7-13(16)14(17)9-11/h3-9H,1-2H3,(H2,18,19,21). The highest BCUT2D eigenvalue weighted by atomic mass is 35.5. The number of thiocarbonyl (C=S) groups is 1. The molecule has 6 heteroatoms. The molecule has 0 aliphatic heterocycles. The summed E-state index contributed by atoms with van der Waals surface area (Å²) in [6.45, 7) is 0. The fourth-order valence-electron chi connectivity index (χ4n) is 1.73. The molecule has 0 aromatic heterocycles. The van der Waals surface area contributed by atoms with E-state index >= 15 is 0 Å². The maximum atomic E-state index is 5.97. The number of nitrogens with zero attached hydrogens (tertiary/aromatic N) is 1. The molecule has 2 rings (SSSR count). The van der Waals surface area contributed by atoms with Gasteiger partial charge in [-0.15, -0.1) is 0 Å². The molecule has 0 aliphatic carbocycles. The van der Waals surface area contributed by atoms with Gasteiger partial charge in [-0.05, 0) is 48.6 Å². The molecule has 0 saturated heterocycles. The van der Waals surface area contributed by atoms with Crippen LogP contribution in [0.4, 0.5) is 17.1 Å². The summed E-state index contributed by atoms with van der Waals surface area (Å²) in [5, 5.41) is 7.70. The Morgan fingerprint density at radius 2 is 1.62 bits per heavy atom. The van der Waals surface area contributed by atoms with Crippen molar-refractivity contribution < 1.29 is 0 Å². The largest absolute Gasteiger partial charge is 0.378 e. The molecule has 3 nitrogen and oxygen atoms in total. The van der Waals surface area contributed by atoms with Crippen LogP contribution in [0.1, 0.15) is 0 Å². The molecule has 0 fully saturated rings. The average molecular weight is 340 g/mol. The number of hydrogen-bond donors (Lipinski definition) is 2. The number of anilines is 3. The minimum atomic E-state index is 0.485. The fraction of sp³-hybridized carbons (Fsp3) is 0.133. The third-order valence-corrected chi connectivity index (χ3v) is 3.74. The first-order valence-electron chi connectivity index (χ1n) is 6.26. The Kier molecular flexibility index (Phi) is 5.28. The van der Waals surface area contributed by atoms with Gasteiger partial charge in [0.15, 0.2) is 5.11 Å². The highest BCUT2D eigenvalue weighted by Gasteiger charge is 2.03. The van der Waals surface area contributed by atoms with Crippen LogP contribution in [0.3, 0.4) is 0 Å². The zero-order valence-electron chi connectivity index (χ0n) is 11.7. The SMILES string of the molecule is CN(C)c1cccc(NC(=S)Nc2ccc(Cl)c(Cl)c2)c1. The lowest BCUT2D eigenvalue weighted by atomic mass is 10.2. The Hall–Kier alpha value is -1.49. The maximum absolute atomic E-state index is 5.97. The monoisotopic (exact) mass is 339 g/mol. The molecule has 2 N–H and O–H groups in total. The van der Waals surface area contributed by atoms with E-state index in [-0.39, 0.29) is 0 Å². The van der Waals surface area contributed by atoms with Crippen LogP contribution in [-0.2, 0) is 0 Å². The van der Waals surface area contributed by atoms with Gasteiger partial charge in [-0.3, -0.25) is 0 Å². The molecule has 0 atom stereocenters. The second-order valence-electron chi connectivity index (χ2n) is 4.65. The zero-order chi connectivity index (χ0) is 15.4. The van der Waals surface area contributed by atoms with Gasteiger partial charge >= 0.3 is 0 Å². The molecule has 0 saturated carbocycles. The lowest BCUT2D eigenvalue weighted by Gasteiger charge is -2.15. The number of rotatable bonds is 3. The van der Waals surface area contributed by atoms with Crippen LogP contribution in [0.5, 0.6) is 0 Å². The van der Waals surface area contributed by atoms with Gasteiger partial charge in [0.05, 0.1) is 10.0 Å². The normalized spacial score (nSPS) is 10.1. The van der Waals surface area contributed by atoms with E-state index in [0.29, 0.717) is 15.2 Å². The first-order valence-corrected chi connectivity index (χ1v) is 7.42. The summed E-state index contributed by atoms with van der Waals surface area (Å²) in [6.07, 6.45) is 0. The lowest BCUT2D eigenvalue weighted by Crippen LogP contribution is -2.19. The number of nitrogens with one attached hydrogen (secondary N) is 2. The summed E-state index contributed by atoms with van der Waals surface area (Å²) in [5.74, 6) is 0. The van der Waals surface area contributed by atoms with E-state index in [1.165, 1.54) is 0 Å². The van der Waals surface area contributed by atoms with Crippen molar-refractivity contribution in [3.8, 4) is 0 Å². The van der Waals surface area contributed by atoms with Crippen LogP contribution in [0.2, 0.25) is 10.0 Å². The van der Waals surface area contributed by atoms with E-state index in [0.717, 1.165) is 17.1 Å². The van der Waals surface area contributed by atoms with Crippen LogP contribution >= 0.6 is 35.4 Å². The summed E-state index contributed by atoms with van der Waals surface area (Å²) >= 11 is 17.1. The molecule has 0 bridgehead atoms. The summed E-state index contributed by atoms with van der Waals surface area (Å²) in [5.41, 5.74) is 2.79. The highest BCUT2D eigenvalue weighted by molar-refractivity contribution is 7.80. The Bertz CT molecular complexity index is 659. The smallest absolute Gasteiger partial charge is 0.175 e. The van der Waals surface area contributed by atoms with E-state index in [4.69, 9.17) is 35.4 Å². The maximum Gasteiger partial charge on any atom is 0.175 e. The molecule has 110 valence electrons. The number of benzene rings is 2. The van der Waals surface area contributed by atoms with Gasteiger partial charge in [-0.2, -0.15) is 0 Å². The molecule has 0 radical (unpaired) electrons. The topological polar surface area (TPSA) is 27.3 Å². The fourth-order valence-corrected chi connectivity index (χ4v) is 2.26. The molecule has 0 spiro atoms. The van der Waals surface area contributed by atoms with Gasteiger partial charge in [-0.25, -0.2) is 0 Å². The first kappa shape index (κ1) is 15.9. The van der Waals surface area contributed by atoms with Gasteiger partial charge in [0.1, 0.15) is 0 Å². The Labute approximate surface area is 139 Å². The molecule has 0 aliphatic rings. The summed E-state index contributed by atoms with van der Waals surface area (Å²) in [6, 6.07) is 13.2. The molecule has 0 unspecified atom stereocenters. The molecule has 2 aromatic rings. The van der Waals surface area contributed by atoms with Crippen molar-refractivity contribution in [3.63, 3.8) is 0 Å². The van der Waals surface area contributed by atoms with Crippen molar-refractivity contribution in [2.24, 2.45) is 0 Å². The van der Waals surface area contributed by atoms with Crippen molar-refractivity contribution in [3.05, 3.63) is 52.5 Å². The summed E-state index contributed by atoms with van der Waals surface area (Å²) in [4.78, 5) is 2.03. The highest BCUT2D eigenvalue weighted by Crippen LogP contribution is 2.25. The van der Waals surface area contributed by atoms with Crippen LogP contribution in [0, 0.1) is 0 Å². The van der Waals surface area contributed by atoms with Crippen LogP contribution in [0.25, 0.3) is 0 Å². The molecule has 0 heterocycles. The van der Waals surface area contributed by atoms with Gasteiger partial charge in [0, 0.05) is 31.2 Å². The third kappa shape index (κ3) is 4.49. The van der Waals surface area contributed by atoms with Crippen LogP contribution in [-0.4, -0.2) is 19.2 Å². The zero-order valence-corrected chi connectivity index (χ0v) is 14.0. The lowest BCUT2D eigenvalue weighted by molar-refractivity contribution is 1.13. The van der Waals surface area contributed by atoms with E-state index in [1.807, 2.05) is 49.3 Å². The van der Waals surface area contributed by atoms with E-state index in [1.54, 1.807) is 12.1 Å². The van der Waals surface area contributed by atoms with Crippen molar-refractivity contribution >= 4 is 57.6 Å². The summed E-state index contributed by atoms with van der Waals surface area (Å²) < 4.78 is 0. The Balaban J connectivity index is 2.04. The average Bonchev–Trinajstić information content (AvgIpc) is 2.43. The number of hydrogen-bond acceptors (Lipinski definition) is 2. The van der Waals surface area contributed by atoms with E-state index in [9.17, 15) is 0 Å². The molecule has 2 aromatic carbocycles. The minimum Gasteiger partial charge on any atom is -0.378 e. The second kappa shape index (κ2) is 6.98. The van der Waals surface area contributed by atoms with Gasteiger partial charge < -0.3 is 15.5 Å². The Morgan fingerprint density at radius 3 is 2.24 bits per heavy atom. The molecule has 21 heavy (non-hydrogen) atoms. The van der Waals surface area contributed by atoms with Gasteiger partial charge in [0.25, 0.3) is 0 Å². The molecule has 0 amide bonds. The third-order valence-electron chi connectivity index (χ3n) is 2.80. The molecular formula is C15H15Cl2N3S. The number of halogens is 2. The van der Waals surface area contributed by atoms with Gasteiger partial charge in [0.2, 0.25) is 0 Å². The second-order valence-corrected chi connectivity index (χ2v) is 5.88. The van der Waals surface area contributed by atoms with Crippen molar-refractivity contribution in [1.82, 2.24) is 0 Å². The predicted molar refractivity (Wildman–Crippen MR) is 97.1 cm³/mol. The summed E-state index contributed by atoms with van der Waals surface area (Å²) in [7, 11) is 3.98. The van der Waals surface area contributed by atoms with Crippen molar-refractivity contribution in [2.75, 3.05) is 29.6 Å². The van der Waals surface area contributed by atoms with Crippen LogP contribution in [0.15, 0.2) is 42.5 Å². The van der Waals surface area contributed by atoms with Crippen molar-refractivity contribution in [1.29, 1.82) is 0 Å². The molecular weight excluding hydrogens is 325 g/mol. The van der Waals surface area contributed by atoms with Crippen LogP contribution < -0.4 is 15.5 Å². The van der Waals surface area contributed by atoms with Crippen molar-refractivity contribution in [2.45, 2.75) is 0 Å². The Morgan fingerprint density at radius 1 is 0.952 bits per heavy atom. The first-order chi connectivity index (χ1) is 9.95. The quantitative estimate of drug-likeness (QED) is 0.780. The predicted octanol–water partition coefficient (Wildman–Crippen LogP) is 4.87. The van der Waals surface area contributed by atoms with E-state index in [2.05, 4.69) is 10.6 Å². The van der Waals surface area contributed by atoms with Gasteiger partial charge in [-0.1, -0.05) is 29.3 Å².